The van der Waals surface area contributed by atoms with E-state index in [9.17, 15) is 14.3 Å². The van der Waals surface area contributed by atoms with Gasteiger partial charge in [-0.3, -0.25) is 9.55 Å². The molecule has 0 saturated carbocycles. The average molecular weight is 450 g/mol. The molecule has 0 amide bonds. The Labute approximate surface area is 189 Å². The summed E-state index contributed by atoms with van der Waals surface area (Å²) < 4.78 is 27.1. The number of nitrogens with zero attached hydrogens (tertiary/aromatic N) is 4. The summed E-state index contributed by atoms with van der Waals surface area (Å²) in [7, 11) is 1.60. The van der Waals surface area contributed by atoms with Crippen LogP contribution in [0.15, 0.2) is 42.6 Å². The van der Waals surface area contributed by atoms with Crippen molar-refractivity contribution in [1.82, 2.24) is 14.5 Å². The second-order valence-electron chi connectivity index (χ2n) is 7.84. The Morgan fingerprint density at radius 2 is 2.03 bits per heavy atom. The van der Waals surface area contributed by atoms with Crippen LogP contribution in [0, 0.1) is 5.82 Å². The number of anilines is 1. The van der Waals surface area contributed by atoms with E-state index in [0.717, 1.165) is 5.69 Å². The number of rotatable bonds is 6. The maximum absolute atomic E-state index is 14.5. The van der Waals surface area contributed by atoms with Crippen LogP contribution in [0.2, 0.25) is 0 Å². The van der Waals surface area contributed by atoms with E-state index in [0.29, 0.717) is 67.3 Å². The van der Waals surface area contributed by atoms with Crippen molar-refractivity contribution < 1.29 is 23.8 Å². The summed E-state index contributed by atoms with van der Waals surface area (Å²) in [6.07, 6.45) is 2.01. The zero-order chi connectivity index (χ0) is 22.9. The molecule has 1 N–H and O–H groups in total. The Balaban J connectivity index is 1.82. The molecule has 0 aliphatic carbocycles. The van der Waals surface area contributed by atoms with Gasteiger partial charge in [0.05, 0.1) is 36.6 Å². The highest BCUT2D eigenvalue weighted by Gasteiger charge is 2.23. The highest BCUT2D eigenvalue weighted by atomic mass is 19.1. The number of imidazole rings is 1. The quantitative estimate of drug-likeness (QED) is 0.481. The highest BCUT2D eigenvalue weighted by Crippen LogP contribution is 2.33. The molecule has 1 fully saturated rings. The first-order chi connectivity index (χ1) is 16.1. The van der Waals surface area contributed by atoms with Gasteiger partial charge in [0.25, 0.3) is 0 Å². The smallest absolute Gasteiger partial charge is 0.338 e. The van der Waals surface area contributed by atoms with Crippen molar-refractivity contribution in [2.24, 2.45) is 0 Å². The number of para-hydroxylation sites is 1. The van der Waals surface area contributed by atoms with Gasteiger partial charge in [0.2, 0.25) is 0 Å². The van der Waals surface area contributed by atoms with Crippen LogP contribution in [-0.4, -0.2) is 65.6 Å². The Bertz CT molecular complexity index is 1350. The minimum atomic E-state index is -1.05. The minimum Gasteiger partial charge on any atom is -0.478 e. The minimum absolute atomic E-state index is 0.121. The number of aromatic carboxylic acids is 1. The van der Waals surface area contributed by atoms with E-state index < -0.39 is 11.8 Å². The number of morpholine rings is 1. The van der Waals surface area contributed by atoms with Gasteiger partial charge in [-0.15, -0.1) is 0 Å². The molecule has 0 unspecified atom stereocenters. The molecule has 8 nitrogen and oxygen atoms in total. The van der Waals surface area contributed by atoms with Gasteiger partial charge >= 0.3 is 5.97 Å². The third kappa shape index (κ3) is 3.79. The number of methoxy groups -OCH3 is 1. The van der Waals surface area contributed by atoms with Crippen molar-refractivity contribution >= 4 is 33.6 Å². The molecule has 1 saturated heterocycles. The number of benzene rings is 2. The lowest BCUT2D eigenvalue weighted by Crippen LogP contribution is -2.36. The number of halogens is 1. The molecular formula is C24H23FN4O4. The average Bonchev–Trinajstić information content (AvgIpc) is 3.20. The Morgan fingerprint density at radius 3 is 2.79 bits per heavy atom. The monoisotopic (exact) mass is 450 g/mol. The fraction of sp³-hybridized carbons (Fsp3) is 0.292. The molecule has 0 atom stereocenters. The van der Waals surface area contributed by atoms with Crippen LogP contribution >= 0.6 is 0 Å². The van der Waals surface area contributed by atoms with Gasteiger partial charge in [0.15, 0.2) is 0 Å². The molecule has 1 aliphatic rings. The standard InChI is InChI=1S/C24H23FN4O4/c1-32-10-6-21-27-23-17(24(30)31)13-15(28-8-11-33-12-9-28)14-20(23)29(21)19-5-7-26-22-16(19)3-2-4-18(22)25/h2-5,7,13-14H,6,8-12H2,1H3,(H,30,31). The zero-order valence-corrected chi connectivity index (χ0v) is 18.1. The van der Waals surface area contributed by atoms with E-state index in [1.54, 1.807) is 37.6 Å². The predicted octanol–water partition coefficient (Wildman–Crippen LogP) is 3.44. The Kier molecular flexibility index (Phi) is 5.65. The summed E-state index contributed by atoms with van der Waals surface area (Å²) in [6.45, 7) is 2.89. The third-order valence-electron chi connectivity index (χ3n) is 5.89. The molecule has 33 heavy (non-hydrogen) atoms. The largest absolute Gasteiger partial charge is 0.478 e. The fourth-order valence-electron chi connectivity index (χ4n) is 4.33. The number of carboxylic acid groups (broad SMARTS) is 1. The molecule has 170 valence electrons. The summed E-state index contributed by atoms with van der Waals surface area (Å²) in [6, 6.07) is 10.2. The third-order valence-corrected chi connectivity index (χ3v) is 5.89. The van der Waals surface area contributed by atoms with E-state index >= 15 is 0 Å². The fourth-order valence-corrected chi connectivity index (χ4v) is 4.33. The number of hydrogen-bond donors (Lipinski definition) is 1. The second kappa shape index (κ2) is 8.76. The van der Waals surface area contributed by atoms with Gasteiger partial charge < -0.3 is 19.5 Å². The number of carboxylic acids is 1. The molecule has 5 rings (SSSR count). The van der Waals surface area contributed by atoms with Crippen LogP contribution in [0.4, 0.5) is 10.1 Å². The summed E-state index contributed by atoms with van der Waals surface area (Å²) in [5, 5.41) is 10.6. The second-order valence-corrected chi connectivity index (χ2v) is 7.84. The SMILES string of the molecule is COCCc1nc2c(C(=O)O)cc(N3CCOCC3)cc2n1-c1ccnc2c(F)cccc12. The molecule has 2 aromatic heterocycles. The van der Waals surface area contributed by atoms with Crippen molar-refractivity contribution in [3.05, 3.63) is 59.8 Å². The van der Waals surface area contributed by atoms with Crippen LogP contribution in [0.5, 0.6) is 0 Å². The molecule has 3 heterocycles. The maximum Gasteiger partial charge on any atom is 0.338 e. The number of hydrogen-bond acceptors (Lipinski definition) is 6. The van der Waals surface area contributed by atoms with Crippen molar-refractivity contribution in [3.8, 4) is 5.69 Å². The lowest BCUT2D eigenvalue weighted by Gasteiger charge is -2.29. The number of ether oxygens (including phenoxy) is 2. The van der Waals surface area contributed by atoms with Crippen LogP contribution in [-0.2, 0) is 15.9 Å². The summed E-state index contributed by atoms with van der Waals surface area (Å²) >= 11 is 0. The van der Waals surface area contributed by atoms with E-state index in [4.69, 9.17) is 14.5 Å². The molecule has 9 heteroatoms. The lowest BCUT2D eigenvalue weighted by molar-refractivity contribution is 0.0699. The predicted molar refractivity (Wildman–Crippen MR) is 122 cm³/mol. The number of pyridine rings is 1. The molecule has 0 bridgehead atoms. The van der Waals surface area contributed by atoms with Crippen LogP contribution < -0.4 is 4.90 Å². The van der Waals surface area contributed by atoms with Gasteiger partial charge in [-0.1, -0.05) is 12.1 Å². The van der Waals surface area contributed by atoms with Crippen molar-refractivity contribution in [2.75, 3.05) is 44.9 Å². The van der Waals surface area contributed by atoms with Crippen LogP contribution in [0.1, 0.15) is 16.2 Å². The van der Waals surface area contributed by atoms with E-state index in [-0.39, 0.29) is 11.1 Å². The van der Waals surface area contributed by atoms with Crippen LogP contribution in [0.25, 0.3) is 27.6 Å². The summed E-state index contributed by atoms with van der Waals surface area (Å²) in [4.78, 5) is 23.2. The number of fused-ring (bicyclic) bond motifs is 2. The topological polar surface area (TPSA) is 89.7 Å². The van der Waals surface area contributed by atoms with E-state index in [1.807, 2.05) is 10.6 Å². The highest BCUT2D eigenvalue weighted by molar-refractivity contribution is 6.04. The van der Waals surface area contributed by atoms with E-state index in [1.165, 1.54) is 6.07 Å². The van der Waals surface area contributed by atoms with Gasteiger partial charge in [-0.05, 0) is 24.3 Å². The van der Waals surface area contributed by atoms with Crippen molar-refractivity contribution in [1.29, 1.82) is 0 Å². The summed E-state index contributed by atoms with van der Waals surface area (Å²) in [5.74, 6) is -0.841. The number of aromatic nitrogens is 3. The first kappa shape index (κ1) is 21.3. The lowest BCUT2D eigenvalue weighted by atomic mass is 10.1. The zero-order valence-electron chi connectivity index (χ0n) is 18.1. The molecular weight excluding hydrogens is 427 g/mol. The van der Waals surface area contributed by atoms with Crippen LogP contribution in [0.3, 0.4) is 0 Å². The molecule has 0 spiro atoms. The van der Waals surface area contributed by atoms with Gasteiger partial charge in [0, 0.05) is 43.9 Å². The van der Waals surface area contributed by atoms with Gasteiger partial charge in [-0.2, -0.15) is 0 Å². The summed E-state index contributed by atoms with van der Waals surface area (Å²) in [5.41, 5.74) is 2.86. The van der Waals surface area contributed by atoms with E-state index in [2.05, 4.69) is 9.88 Å². The molecule has 4 aromatic rings. The van der Waals surface area contributed by atoms with Gasteiger partial charge in [0.1, 0.15) is 22.7 Å². The normalized spacial score (nSPS) is 14.3. The van der Waals surface area contributed by atoms with Crippen molar-refractivity contribution in [2.45, 2.75) is 6.42 Å². The maximum atomic E-state index is 14.5. The van der Waals surface area contributed by atoms with Crippen molar-refractivity contribution in [3.63, 3.8) is 0 Å². The molecule has 0 radical (unpaired) electrons. The Hall–Kier alpha value is -3.56. The molecule has 1 aliphatic heterocycles. The first-order valence-corrected chi connectivity index (χ1v) is 10.7. The van der Waals surface area contributed by atoms with Gasteiger partial charge in [-0.25, -0.2) is 14.2 Å². The molecule has 2 aromatic carbocycles. The Morgan fingerprint density at radius 1 is 1.21 bits per heavy atom. The number of carbonyl (C=O) groups is 1. The first-order valence-electron chi connectivity index (χ1n) is 10.7.